The second kappa shape index (κ2) is 8.64. The minimum atomic E-state index is -0.329. The molecule has 8 heteroatoms. The molecule has 0 atom stereocenters. The Hall–Kier alpha value is -2.92. The average molecular weight is 370 g/mol. The highest BCUT2D eigenvalue weighted by Crippen LogP contribution is 2.22. The van der Waals surface area contributed by atoms with Crippen molar-refractivity contribution in [2.75, 3.05) is 30.7 Å². The van der Waals surface area contributed by atoms with Crippen molar-refractivity contribution in [3.05, 3.63) is 41.3 Å². The molecule has 27 heavy (non-hydrogen) atoms. The van der Waals surface area contributed by atoms with Gasteiger partial charge in [-0.1, -0.05) is 6.07 Å². The third-order valence-electron chi connectivity index (χ3n) is 4.56. The number of rotatable bonds is 6. The van der Waals surface area contributed by atoms with Crippen LogP contribution in [0.4, 0.5) is 16.2 Å². The van der Waals surface area contributed by atoms with Crippen LogP contribution < -0.4 is 15.8 Å². The van der Waals surface area contributed by atoms with Gasteiger partial charge in [-0.2, -0.15) is 10.2 Å². The van der Waals surface area contributed by atoms with E-state index in [2.05, 4.69) is 20.2 Å². The summed E-state index contributed by atoms with van der Waals surface area (Å²) in [6.07, 6.45) is 3.30. The Morgan fingerprint density at radius 2 is 2.19 bits per heavy atom. The minimum absolute atomic E-state index is 0.189. The van der Waals surface area contributed by atoms with Crippen LogP contribution in [0.1, 0.15) is 30.9 Å². The van der Waals surface area contributed by atoms with Crippen molar-refractivity contribution in [3.8, 4) is 11.8 Å². The molecule has 0 amide bonds. The monoisotopic (exact) mass is 370 g/mol. The van der Waals surface area contributed by atoms with E-state index in [1.807, 2.05) is 13.0 Å². The third-order valence-corrected chi connectivity index (χ3v) is 4.56. The number of piperidine rings is 1. The first kappa shape index (κ1) is 18.9. The molecule has 1 aromatic heterocycles. The molecule has 0 spiro atoms. The molecular weight excluding hydrogens is 347 g/mol. The lowest BCUT2D eigenvalue weighted by Gasteiger charge is -2.32. The molecule has 1 aromatic carbocycles. The van der Waals surface area contributed by atoms with Gasteiger partial charge in [-0.25, -0.2) is 9.37 Å². The number of nitriles is 1. The predicted molar refractivity (Wildman–Crippen MR) is 101 cm³/mol. The first-order valence-corrected chi connectivity index (χ1v) is 9.01. The van der Waals surface area contributed by atoms with Gasteiger partial charge in [-0.3, -0.25) is 4.90 Å². The minimum Gasteiger partial charge on any atom is -0.491 e. The normalized spacial score (nSPS) is 15.3. The Bertz CT molecular complexity index is 829. The number of nitrogens with one attached hydrogen (secondary N) is 1. The van der Waals surface area contributed by atoms with Gasteiger partial charge in [0, 0.05) is 25.7 Å². The van der Waals surface area contributed by atoms with Gasteiger partial charge in [0.15, 0.2) is 11.6 Å². The van der Waals surface area contributed by atoms with Crippen LogP contribution in [0.5, 0.6) is 5.75 Å². The lowest BCUT2D eigenvalue weighted by molar-refractivity contribution is 0.210. The maximum absolute atomic E-state index is 13.7. The Morgan fingerprint density at radius 3 is 2.85 bits per heavy atom. The van der Waals surface area contributed by atoms with E-state index in [-0.39, 0.29) is 23.2 Å². The first-order valence-electron chi connectivity index (χ1n) is 9.01. The zero-order valence-corrected chi connectivity index (χ0v) is 15.3. The number of nitrogens with two attached hydrogens (primary N) is 1. The molecule has 0 aliphatic carbocycles. The Morgan fingerprint density at radius 1 is 1.41 bits per heavy atom. The molecule has 0 saturated carbocycles. The van der Waals surface area contributed by atoms with Crippen LogP contribution in [0.3, 0.4) is 0 Å². The van der Waals surface area contributed by atoms with E-state index < -0.39 is 0 Å². The van der Waals surface area contributed by atoms with E-state index >= 15 is 0 Å². The van der Waals surface area contributed by atoms with Gasteiger partial charge >= 0.3 is 0 Å². The largest absolute Gasteiger partial charge is 0.491 e. The molecule has 0 unspecified atom stereocenters. The summed E-state index contributed by atoms with van der Waals surface area (Å²) in [7, 11) is 0. The summed E-state index contributed by atoms with van der Waals surface area (Å²) in [5.74, 6) is 0.617. The standard InChI is InChI=1S/C19H23FN6O/c1-2-27-17-9-13(3-4-16(17)20)12-26-7-5-15(6-8-26)24-19-23-11-14(10-21)18(22)25-19/h3-4,9,11,15H,2,5-8,12H2,1H3,(H3,22,23,24,25). The number of ether oxygens (including phenoxy) is 1. The van der Waals surface area contributed by atoms with E-state index in [1.165, 1.54) is 12.3 Å². The van der Waals surface area contributed by atoms with E-state index in [9.17, 15) is 4.39 Å². The molecule has 2 aromatic rings. The molecule has 2 heterocycles. The molecule has 142 valence electrons. The zero-order chi connectivity index (χ0) is 19.2. The Labute approximate surface area is 158 Å². The lowest BCUT2D eigenvalue weighted by atomic mass is 10.0. The number of hydrogen-bond donors (Lipinski definition) is 2. The summed E-state index contributed by atoms with van der Waals surface area (Å²) in [4.78, 5) is 10.6. The Kier molecular flexibility index (Phi) is 6.04. The van der Waals surface area contributed by atoms with Crippen molar-refractivity contribution < 1.29 is 9.13 Å². The fourth-order valence-corrected chi connectivity index (χ4v) is 3.14. The number of hydrogen-bond acceptors (Lipinski definition) is 7. The van der Waals surface area contributed by atoms with Crippen LogP contribution in [0.25, 0.3) is 0 Å². The van der Waals surface area contributed by atoms with Crippen molar-refractivity contribution in [2.45, 2.75) is 32.4 Å². The Balaban J connectivity index is 1.52. The molecule has 3 rings (SSSR count). The van der Waals surface area contributed by atoms with Gasteiger partial charge in [0.1, 0.15) is 17.5 Å². The fraction of sp³-hybridized carbons (Fsp3) is 0.421. The number of benzene rings is 1. The molecule has 1 fully saturated rings. The number of anilines is 2. The molecule has 0 bridgehead atoms. The quantitative estimate of drug-likeness (QED) is 0.806. The first-order chi connectivity index (χ1) is 13.1. The van der Waals surface area contributed by atoms with Gasteiger partial charge in [0.2, 0.25) is 5.95 Å². The van der Waals surface area contributed by atoms with Crippen molar-refractivity contribution in [3.63, 3.8) is 0 Å². The second-order valence-corrected chi connectivity index (χ2v) is 6.50. The highest BCUT2D eigenvalue weighted by Gasteiger charge is 2.20. The van der Waals surface area contributed by atoms with Gasteiger partial charge in [-0.15, -0.1) is 0 Å². The molecule has 1 aliphatic rings. The van der Waals surface area contributed by atoms with E-state index in [0.29, 0.717) is 18.3 Å². The summed E-state index contributed by atoms with van der Waals surface area (Å²) in [5, 5.41) is 12.2. The molecule has 0 radical (unpaired) electrons. The fourth-order valence-electron chi connectivity index (χ4n) is 3.14. The van der Waals surface area contributed by atoms with Crippen molar-refractivity contribution >= 4 is 11.8 Å². The van der Waals surface area contributed by atoms with E-state index in [0.717, 1.165) is 38.0 Å². The lowest BCUT2D eigenvalue weighted by Crippen LogP contribution is -2.39. The topological polar surface area (TPSA) is 100 Å². The smallest absolute Gasteiger partial charge is 0.224 e. The SMILES string of the molecule is CCOc1cc(CN2CCC(Nc3ncc(C#N)c(N)n3)CC2)ccc1F. The summed E-state index contributed by atoms with van der Waals surface area (Å²) >= 11 is 0. The molecule has 1 saturated heterocycles. The van der Waals surface area contributed by atoms with Crippen molar-refractivity contribution in [1.82, 2.24) is 14.9 Å². The van der Waals surface area contributed by atoms with Crippen LogP contribution in [0, 0.1) is 17.1 Å². The number of likely N-dealkylation sites (tertiary alicyclic amines) is 1. The average Bonchev–Trinajstić information content (AvgIpc) is 2.66. The van der Waals surface area contributed by atoms with Crippen molar-refractivity contribution in [1.29, 1.82) is 5.26 Å². The summed E-state index contributed by atoms with van der Waals surface area (Å²) in [5.41, 5.74) is 7.05. The van der Waals surface area contributed by atoms with Crippen LogP contribution in [0.2, 0.25) is 0 Å². The van der Waals surface area contributed by atoms with Gasteiger partial charge in [-0.05, 0) is 37.5 Å². The molecule has 7 nitrogen and oxygen atoms in total. The second-order valence-electron chi connectivity index (χ2n) is 6.50. The van der Waals surface area contributed by atoms with Crippen LogP contribution in [-0.2, 0) is 6.54 Å². The highest BCUT2D eigenvalue weighted by atomic mass is 19.1. The number of nitrogen functional groups attached to an aromatic ring is 1. The predicted octanol–water partition coefficient (Wildman–Crippen LogP) is 2.54. The molecule has 1 aliphatic heterocycles. The summed E-state index contributed by atoms with van der Waals surface area (Å²) in [6.45, 7) is 4.86. The van der Waals surface area contributed by atoms with Crippen LogP contribution >= 0.6 is 0 Å². The number of halogens is 1. The maximum Gasteiger partial charge on any atom is 0.224 e. The third kappa shape index (κ3) is 4.83. The molecular formula is C19H23FN6O. The number of nitrogens with zero attached hydrogens (tertiary/aromatic N) is 4. The van der Waals surface area contributed by atoms with Crippen LogP contribution in [0.15, 0.2) is 24.4 Å². The summed E-state index contributed by atoms with van der Waals surface area (Å²) < 4.78 is 19.0. The molecule has 3 N–H and O–H groups in total. The zero-order valence-electron chi connectivity index (χ0n) is 15.3. The number of aromatic nitrogens is 2. The van der Waals surface area contributed by atoms with Crippen molar-refractivity contribution in [2.24, 2.45) is 0 Å². The maximum atomic E-state index is 13.7. The van der Waals surface area contributed by atoms with Gasteiger partial charge < -0.3 is 15.8 Å². The van der Waals surface area contributed by atoms with E-state index in [1.54, 1.807) is 12.1 Å². The van der Waals surface area contributed by atoms with E-state index in [4.69, 9.17) is 15.7 Å². The van der Waals surface area contributed by atoms with Crippen LogP contribution in [-0.4, -0.2) is 40.6 Å². The highest BCUT2D eigenvalue weighted by molar-refractivity contribution is 5.49. The van der Waals surface area contributed by atoms with Gasteiger partial charge in [0.25, 0.3) is 0 Å². The van der Waals surface area contributed by atoms with Gasteiger partial charge in [0.05, 0.1) is 12.8 Å². The summed E-state index contributed by atoms with van der Waals surface area (Å²) in [6, 6.07) is 7.24.